The molecule has 1 saturated carbocycles. The normalized spacial score (nSPS) is 13.9. The van der Waals surface area contributed by atoms with Gasteiger partial charge in [0, 0.05) is 28.7 Å². The highest BCUT2D eigenvalue weighted by molar-refractivity contribution is 7.17. The third kappa shape index (κ3) is 8.18. The summed E-state index contributed by atoms with van der Waals surface area (Å²) in [6.45, 7) is 0.430. The second-order valence-electron chi connectivity index (χ2n) is 12.4. The summed E-state index contributed by atoms with van der Waals surface area (Å²) in [5.74, 6) is -1.76. The monoisotopic (exact) mass is 665 g/mol. The maximum atomic E-state index is 13.8. The summed E-state index contributed by atoms with van der Waals surface area (Å²) < 4.78 is 4.77. The number of thiophene rings is 1. The number of methoxy groups -OCH3 is 1. The molecule has 0 unspecified atom stereocenters. The van der Waals surface area contributed by atoms with Gasteiger partial charge in [-0.3, -0.25) is 19.3 Å². The second kappa shape index (κ2) is 15.0. The molecule has 1 heterocycles. The lowest BCUT2D eigenvalue weighted by Gasteiger charge is -2.20. The predicted octanol–water partition coefficient (Wildman–Crippen LogP) is 6.75. The summed E-state index contributed by atoms with van der Waals surface area (Å²) in [5.41, 5.74) is 6.31. The van der Waals surface area contributed by atoms with Gasteiger partial charge >= 0.3 is 11.9 Å². The van der Waals surface area contributed by atoms with E-state index in [0.717, 1.165) is 78.5 Å². The lowest BCUT2D eigenvalue weighted by atomic mass is 9.95. The van der Waals surface area contributed by atoms with Crippen LogP contribution in [0.3, 0.4) is 0 Å². The Morgan fingerprint density at radius 1 is 0.833 bits per heavy atom. The van der Waals surface area contributed by atoms with E-state index in [0.29, 0.717) is 33.9 Å². The van der Waals surface area contributed by atoms with Crippen molar-refractivity contribution in [2.45, 2.75) is 64.0 Å². The van der Waals surface area contributed by atoms with Crippen LogP contribution in [0.15, 0.2) is 72.8 Å². The number of aryl methyl sites for hydroxylation is 3. The van der Waals surface area contributed by atoms with Gasteiger partial charge in [0.25, 0.3) is 11.8 Å². The maximum Gasteiger partial charge on any atom is 0.337 e. The molecule has 1 aromatic heterocycles. The minimum atomic E-state index is -0.861. The summed E-state index contributed by atoms with van der Waals surface area (Å²) in [5, 5.41) is 16.0. The summed E-state index contributed by atoms with van der Waals surface area (Å²) >= 11 is 1.48. The number of benzene rings is 3. The maximum absolute atomic E-state index is 13.8. The number of carbonyl (C=O) groups excluding carboxylic acids is 3. The van der Waals surface area contributed by atoms with Crippen molar-refractivity contribution >= 4 is 45.8 Å². The number of carboxylic acids is 1. The molecule has 0 atom stereocenters. The molecular formula is C38H39N3O6S. The Bertz CT molecular complexity index is 1810. The fraction of sp³-hybridized carbons (Fsp3) is 0.316. The number of fused-ring (bicyclic) bond motifs is 1. The molecule has 0 radical (unpaired) electrons. The van der Waals surface area contributed by atoms with Gasteiger partial charge in [-0.05, 0) is 110 Å². The van der Waals surface area contributed by atoms with E-state index in [1.54, 1.807) is 24.3 Å². The number of ether oxygens (including phenoxy) is 1. The first-order valence-electron chi connectivity index (χ1n) is 16.4. The van der Waals surface area contributed by atoms with E-state index in [1.165, 1.54) is 18.4 Å². The molecule has 1 fully saturated rings. The van der Waals surface area contributed by atoms with Gasteiger partial charge in [-0.25, -0.2) is 4.79 Å². The summed E-state index contributed by atoms with van der Waals surface area (Å²) in [6, 6.07) is 22.7. The molecule has 9 nitrogen and oxygen atoms in total. The zero-order valence-electron chi connectivity index (χ0n) is 26.9. The highest BCUT2D eigenvalue weighted by atomic mass is 32.1. The zero-order chi connectivity index (χ0) is 33.6. The number of anilines is 2. The first-order valence-corrected chi connectivity index (χ1v) is 17.2. The first-order chi connectivity index (χ1) is 23.3. The molecule has 48 heavy (non-hydrogen) atoms. The Morgan fingerprint density at radius 2 is 1.52 bits per heavy atom. The number of aliphatic carboxylic acids is 1. The van der Waals surface area contributed by atoms with Gasteiger partial charge in [-0.1, -0.05) is 36.4 Å². The number of hydrogen-bond donors (Lipinski definition) is 3. The van der Waals surface area contributed by atoms with Gasteiger partial charge in [0.05, 0.1) is 24.8 Å². The van der Waals surface area contributed by atoms with Crippen LogP contribution in [0.1, 0.15) is 83.9 Å². The molecule has 10 heteroatoms. The molecule has 248 valence electrons. The van der Waals surface area contributed by atoms with Crippen LogP contribution in [0, 0.1) is 0 Å². The van der Waals surface area contributed by atoms with Gasteiger partial charge in [0.1, 0.15) is 5.00 Å². The van der Waals surface area contributed by atoms with Crippen molar-refractivity contribution in [2.75, 3.05) is 24.3 Å². The van der Waals surface area contributed by atoms with Crippen molar-refractivity contribution < 1.29 is 29.0 Å². The van der Waals surface area contributed by atoms with Crippen LogP contribution in [0.2, 0.25) is 0 Å². The predicted molar refractivity (Wildman–Crippen MR) is 186 cm³/mol. The molecule has 2 aliphatic carbocycles. The zero-order valence-corrected chi connectivity index (χ0v) is 27.7. The van der Waals surface area contributed by atoms with Crippen LogP contribution >= 0.6 is 11.3 Å². The quantitative estimate of drug-likeness (QED) is 0.135. The van der Waals surface area contributed by atoms with Crippen molar-refractivity contribution in [3.63, 3.8) is 0 Å². The molecule has 0 saturated heterocycles. The average Bonchev–Trinajstić information content (AvgIpc) is 3.88. The Morgan fingerprint density at radius 3 is 2.19 bits per heavy atom. The number of hydrogen-bond acceptors (Lipinski definition) is 7. The third-order valence-electron chi connectivity index (χ3n) is 8.89. The van der Waals surface area contributed by atoms with Gasteiger partial charge < -0.3 is 20.5 Å². The van der Waals surface area contributed by atoms with E-state index in [1.807, 2.05) is 53.4 Å². The Labute approximate surface area is 283 Å². The van der Waals surface area contributed by atoms with Crippen molar-refractivity contribution in [3.8, 4) is 0 Å². The van der Waals surface area contributed by atoms with Crippen molar-refractivity contribution in [3.05, 3.63) is 117 Å². The number of nitrogens with one attached hydrogen (secondary N) is 2. The molecule has 3 aromatic carbocycles. The minimum absolute atomic E-state index is 0.0306. The van der Waals surface area contributed by atoms with E-state index in [9.17, 15) is 24.3 Å². The largest absolute Gasteiger partial charge is 0.480 e. The highest BCUT2D eigenvalue weighted by Gasteiger charge is 2.31. The van der Waals surface area contributed by atoms with Gasteiger partial charge in [0.15, 0.2) is 0 Å². The number of nitrogens with zero attached hydrogens (tertiary/aromatic N) is 1. The average molecular weight is 666 g/mol. The minimum Gasteiger partial charge on any atom is -0.480 e. The van der Waals surface area contributed by atoms with Gasteiger partial charge in [-0.15, -0.1) is 11.3 Å². The van der Waals surface area contributed by atoms with Crippen molar-refractivity contribution in [1.29, 1.82) is 0 Å². The smallest absolute Gasteiger partial charge is 0.337 e. The molecule has 2 aliphatic rings. The number of esters is 1. The van der Waals surface area contributed by atoms with Crippen molar-refractivity contribution in [1.82, 2.24) is 4.90 Å². The van der Waals surface area contributed by atoms with E-state index < -0.39 is 5.97 Å². The van der Waals surface area contributed by atoms with E-state index in [-0.39, 0.29) is 30.4 Å². The molecular weight excluding hydrogens is 626 g/mol. The second-order valence-corrected chi connectivity index (χ2v) is 13.5. The first kappa shape index (κ1) is 33.1. The molecule has 0 aliphatic heterocycles. The SMILES string of the molecule is COC(=O)c1ccc(CCc2ccc(NC(=O)c3c(NC(=O)c4cccc(CN(CC(=O)O)C5CC5)c4)sc4c3CCCC4)cc2)cc1. The third-order valence-corrected chi connectivity index (χ3v) is 10.1. The molecule has 3 N–H and O–H groups in total. The fourth-order valence-corrected chi connectivity index (χ4v) is 7.49. The standard InChI is InChI=1S/C38H39N3O6S/c1-47-38(46)27-15-11-24(12-16-27)9-10-25-13-17-29(18-14-25)39-36(45)34-31-7-2-3-8-32(31)48-37(34)40-35(44)28-6-4-5-26(21-28)22-41(23-33(42)43)30-19-20-30/h4-6,11-18,21,30H,2-3,7-10,19-20,22-23H2,1H3,(H,39,45)(H,40,44)(H,42,43). The Kier molecular flexibility index (Phi) is 10.3. The Hall–Kier alpha value is -4.80. The molecule has 2 amide bonds. The van der Waals surface area contributed by atoms with Crippen LogP contribution in [-0.4, -0.2) is 53.5 Å². The number of amides is 2. The van der Waals surface area contributed by atoms with E-state index in [2.05, 4.69) is 10.6 Å². The molecule has 0 bridgehead atoms. The molecule has 6 rings (SSSR count). The topological polar surface area (TPSA) is 125 Å². The Balaban J connectivity index is 1.12. The fourth-order valence-electron chi connectivity index (χ4n) is 6.20. The van der Waals surface area contributed by atoms with Crippen LogP contribution in [0.5, 0.6) is 0 Å². The van der Waals surface area contributed by atoms with E-state index >= 15 is 0 Å². The van der Waals surface area contributed by atoms with E-state index in [4.69, 9.17) is 4.74 Å². The molecule has 0 spiro atoms. The van der Waals surface area contributed by atoms with Gasteiger partial charge in [-0.2, -0.15) is 0 Å². The number of rotatable bonds is 13. The number of carbonyl (C=O) groups is 4. The lowest BCUT2D eigenvalue weighted by Crippen LogP contribution is -2.31. The van der Waals surface area contributed by atoms with Gasteiger partial charge in [0.2, 0.25) is 0 Å². The summed E-state index contributed by atoms with van der Waals surface area (Å²) in [4.78, 5) is 53.4. The highest BCUT2D eigenvalue weighted by Crippen LogP contribution is 2.39. The summed E-state index contributed by atoms with van der Waals surface area (Å²) in [7, 11) is 1.37. The van der Waals surface area contributed by atoms with Crippen LogP contribution < -0.4 is 10.6 Å². The van der Waals surface area contributed by atoms with Crippen LogP contribution in [0.4, 0.5) is 10.7 Å². The van der Waals surface area contributed by atoms with Crippen LogP contribution in [-0.2, 0) is 41.8 Å². The number of carboxylic acid groups (broad SMARTS) is 1. The lowest BCUT2D eigenvalue weighted by molar-refractivity contribution is -0.138. The van der Waals surface area contributed by atoms with Crippen LogP contribution in [0.25, 0.3) is 0 Å². The van der Waals surface area contributed by atoms with Crippen molar-refractivity contribution in [2.24, 2.45) is 0 Å². The summed E-state index contributed by atoms with van der Waals surface area (Å²) in [6.07, 6.45) is 7.30. The molecule has 4 aromatic rings.